The van der Waals surface area contributed by atoms with Crippen LogP contribution in [-0.4, -0.2) is 5.11 Å². The molecule has 1 aromatic carbocycles. The second-order valence-corrected chi connectivity index (χ2v) is 2.22. The van der Waals surface area contributed by atoms with Crippen LogP contribution in [0, 0.1) is 13.8 Å². The smallest absolute Gasteiger partial charge is 0.118 e. The van der Waals surface area contributed by atoms with Crippen LogP contribution < -0.4 is 0 Å². The molecule has 0 saturated heterocycles. The van der Waals surface area contributed by atoms with Gasteiger partial charge in [0.25, 0.3) is 0 Å². The molecule has 0 spiro atoms. The SMILES string of the molecule is Cc1cccc(O)c1C.[Sc]. The van der Waals surface area contributed by atoms with Crippen LogP contribution in [-0.2, 0) is 25.8 Å². The average Bonchev–Trinajstić information content (AvgIpc) is 1.83. The van der Waals surface area contributed by atoms with Crippen molar-refractivity contribution in [3.63, 3.8) is 0 Å². The standard InChI is InChI=1S/C8H10O.Sc/c1-6-4-3-5-8(9)7(6)2;/h3-5,9H,1-2H3;. The molecular formula is C8H10OSc. The Kier molecular flexibility index (Phi) is 3.87. The monoisotopic (exact) mass is 167 g/mol. The Morgan fingerprint density at radius 2 is 1.80 bits per heavy atom. The van der Waals surface area contributed by atoms with E-state index in [0.717, 1.165) is 11.1 Å². The predicted molar refractivity (Wildman–Crippen MR) is 37.6 cm³/mol. The Morgan fingerprint density at radius 3 is 2.20 bits per heavy atom. The molecule has 1 nitrogen and oxygen atoms in total. The van der Waals surface area contributed by atoms with Gasteiger partial charge in [-0.25, -0.2) is 0 Å². The topological polar surface area (TPSA) is 20.2 Å². The van der Waals surface area contributed by atoms with Crippen molar-refractivity contribution in [2.75, 3.05) is 0 Å². The molecule has 1 N–H and O–H groups in total. The van der Waals surface area contributed by atoms with E-state index >= 15 is 0 Å². The van der Waals surface area contributed by atoms with E-state index in [2.05, 4.69) is 0 Å². The predicted octanol–water partition coefficient (Wildman–Crippen LogP) is 2.01. The van der Waals surface area contributed by atoms with Crippen molar-refractivity contribution in [2.45, 2.75) is 13.8 Å². The van der Waals surface area contributed by atoms with Crippen LogP contribution in [0.15, 0.2) is 18.2 Å². The molecule has 0 bridgehead atoms. The van der Waals surface area contributed by atoms with Crippen LogP contribution in [0.2, 0.25) is 0 Å². The van der Waals surface area contributed by atoms with E-state index in [1.54, 1.807) is 6.07 Å². The van der Waals surface area contributed by atoms with Crippen LogP contribution in [0.5, 0.6) is 5.75 Å². The van der Waals surface area contributed by atoms with Gasteiger partial charge >= 0.3 is 0 Å². The van der Waals surface area contributed by atoms with Crippen molar-refractivity contribution in [3.8, 4) is 5.75 Å². The zero-order valence-corrected chi connectivity index (χ0v) is 8.06. The minimum atomic E-state index is 0. The third-order valence-corrected chi connectivity index (χ3v) is 1.58. The molecule has 10 heavy (non-hydrogen) atoms. The molecule has 1 aromatic rings. The maximum atomic E-state index is 9.10. The Balaban J connectivity index is 0.000000810. The second-order valence-electron chi connectivity index (χ2n) is 2.22. The normalized spacial score (nSPS) is 8.60. The van der Waals surface area contributed by atoms with Gasteiger partial charge in [-0.15, -0.1) is 0 Å². The van der Waals surface area contributed by atoms with Gasteiger partial charge in [0.05, 0.1) is 0 Å². The van der Waals surface area contributed by atoms with Crippen LogP contribution in [0.25, 0.3) is 0 Å². The summed E-state index contributed by atoms with van der Waals surface area (Å²) >= 11 is 0. The van der Waals surface area contributed by atoms with Crippen LogP contribution >= 0.6 is 0 Å². The van der Waals surface area contributed by atoms with Gasteiger partial charge < -0.3 is 5.11 Å². The summed E-state index contributed by atoms with van der Waals surface area (Å²) in [5.74, 6) is 0.384. The number of benzene rings is 1. The van der Waals surface area contributed by atoms with E-state index in [9.17, 15) is 0 Å². The number of aryl methyl sites for hydroxylation is 1. The fourth-order valence-electron chi connectivity index (χ4n) is 0.736. The maximum absolute atomic E-state index is 9.10. The number of hydrogen-bond acceptors (Lipinski definition) is 1. The summed E-state index contributed by atoms with van der Waals surface area (Å²) in [4.78, 5) is 0. The van der Waals surface area contributed by atoms with E-state index in [4.69, 9.17) is 5.11 Å². The van der Waals surface area contributed by atoms with E-state index in [0.29, 0.717) is 5.75 Å². The summed E-state index contributed by atoms with van der Waals surface area (Å²) in [5, 5.41) is 9.10. The third-order valence-electron chi connectivity index (χ3n) is 1.58. The van der Waals surface area contributed by atoms with Gasteiger partial charge in [-0.3, -0.25) is 0 Å². The van der Waals surface area contributed by atoms with Crippen LogP contribution in [0.4, 0.5) is 0 Å². The van der Waals surface area contributed by atoms with Gasteiger partial charge in [0, 0.05) is 25.8 Å². The van der Waals surface area contributed by atoms with Crippen molar-refractivity contribution in [3.05, 3.63) is 29.3 Å². The maximum Gasteiger partial charge on any atom is 0.118 e. The number of phenols is 1. The Labute approximate surface area is 79.9 Å². The average molecular weight is 167 g/mol. The van der Waals surface area contributed by atoms with Crippen LogP contribution in [0.3, 0.4) is 0 Å². The van der Waals surface area contributed by atoms with Crippen molar-refractivity contribution in [2.24, 2.45) is 0 Å². The fourth-order valence-corrected chi connectivity index (χ4v) is 0.736. The molecule has 1 radical (unpaired) electrons. The first-order valence-electron chi connectivity index (χ1n) is 2.97. The van der Waals surface area contributed by atoms with Gasteiger partial charge in [-0.1, -0.05) is 12.1 Å². The molecule has 0 atom stereocenters. The molecule has 0 aromatic heterocycles. The van der Waals surface area contributed by atoms with E-state index in [1.807, 2.05) is 26.0 Å². The quantitative estimate of drug-likeness (QED) is 0.626. The summed E-state index contributed by atoms with van der Waals surface area (Å²) in [6.07, 6.45) is 0. The first kappa shape index (κ1) is 9.89. The molecule has 0 aliphatic heterocycles. The fraction of sp³-hybridized carbons (Fsp3) is 0.250. The number of rotatable bonds is 0. The summed E-state index contributed by atoms with van der Waals surface area (Å²) in [5.41, 5.74) is 2.10. The molecule has 0 unspecified atom stereocenters. The van der Waals surface area contributed by atoms with Gasteiger partial charge in [0.15, 0.2) is 0 Å². The minimum absolute atomic E-state index is 0. The molecule has 0 heterocycles. The second kappa shape index (κ2) is 3.91. The van der Waals surface area contributed by atoms with E-state index in [1.165, 1.54) is 0 Å². The summed E-state index contributed by atoms with van der Waals surface area (Å²) in [6.45, 7) is 3.89. The largest absolute Gasteiger partial charge is 0.508 e. The Morgan fingerprint density at radius 1 is 1.20 bits per heavy atom. The Hall–Kier alpha value is -0.110. The first-order chi connectivity index (χ1) is 4.22. The molecule has 0 aliphatic rings. The van der Waals surface area contributed by atoms with Crippen molar-refractivity contribution in [1.29, 1.82) is 0 Å². The van der Waals surface area contributed by atoms with E-state index in [-0.39, 0.29) is 25.8 Å². The minimum Gasteiger partial charge on any atom is -0.508 e. The van der Waals surface area contributed by atoms with Gasteiger partial charge in [0.2, 0.25) is 0 Å². The summed E-state index contributed by atoms with van der Waals surface area (Å²) < 4.78 is 0. The van der Waals surface area contributed by atoms with Crippen molar-refractivity contribution < 1.29 is 30.9 Å². The van der Waals surface area contributed by atoms with Crippen LogP contribution in [0.1, 0.15) is 11.1 Å². The zero-order valence-electron chi connectivity index (χ0n) is 6.26. The number of phenolic OH excluding ortho intramolecular Hbond substituents is 1. The molecular weight excluding hydrogens is 157 g/mol. The zero-order chi connectivity index (χ0) is 6.85. The first-order valence-corrected chi connectivity index (χ1v) is 2.97. The number of aromatic hydroxyl groups is 1. The molecule has 0 fully saturated rings. The molecule has 0 saturated carbocycles. The number of hydrogen-bond donors (Lipinski definition) is 1. The van der Waals surface area contributed by atoms with Gasteiger partial charge in [0.1, 0.15) is 5.75 Å². The molecule has 2 heteroatoms. The van der Waals surface area contributed by atoms with Gasteiger partial charge in [-0.2, -0.15) is 0 Å². The van der Waals surface area contributed by atoms with E-state index < -0.39 is 0 Å². The third kappa shape index (κ3) is 1.94. The molecule has 1 rings (SSSR count). The Bertz CT molecular complexity index is 200. The molecule has 51 valence electrons. The summed E-state index contributed by atoms with van der Waals surface area (Å²) in [7, 11) is 0. The van der Waals surface area contributed by atoms with Crippen molar-refractivity contribution >= 4 is 0 Å². The summed E-state index contributed by atoms with van der Waals surface area (Å²) in [6, 6.07) is 5.52. The van der Waals surface area contributed by atoms with Crippen molar-refractivity contribution in [1.82, 2.24) is 0 Å². The molecule has 0 amide bonds. The van der Waals surface area contributed by atoms with Gasteiger partial charge in [-0.05, 0) is 31.0 Å². The molecule has 0 aliphatic carbocycles.